The van der Waals surface area contributed by atoms with Gasteiger partial charge in [0.15, 0.2) is 0 Å². The molecule has 3 rings (SSSR count). The van der Waals surface area contributed by atoms with Gasteiger partial charge in [-0.25, -0.2) is 0 Å². The predicted octanol–water partition coefficient (Wildman–Crippen LogP) is 2.29. The fraction of sp³-hybridized carbons (Fsp3) is 0.625. The van der Waals surface area contributed by atoms with E-state index in [1.807, 2.05) is 12.1 Å². The molecule has 0 saturated carbocycles. The number of morpholine rings is 1. The molecule has 20 heavy (non-hydrogen) atoms. The molecule has 0 aliphatic carbocycles. The van der Waals surface area contributed by atoms with E-state index in [9.17, 15) is 0 Å². The van der Waals surface area contributed by atoms with E-state index in [1.54, 1.807) is 0 Å². The normalized spacial score (nSPS) is 28.3. The lowest BCUT2D eigenvalue weighted by molar-refractivity contribution is -0.0992. The third kappa shape index (κ3) is 3.17. The summed E-state index contributed by atoms with van der Waals surface area (Å²) in [4.78, 5) is 5.01. The molecule has 110 valence electrons. The smallest absolute Gasteiger partial charge is 0.0755 e. The van der Waals surface area contributed by atoms with Crippen LogP contribution < -0.4 is 0 Å². The average molecular weight is 295 g/mol. The van der Waals surface area contributed by atoms with Crippen LogP contribution in [0.3, 0.4) is 0 Å². The van der Waals surface area contributed by atoms with E-state index in [0.717, 1.165) is 50.7 Å². The molecular weight excluding hydrogens is 272 g/mol. The number of fused-ring (bicyclic) bond motifs is 1. The Morgan fingerprint density at radius 2 is 2.15 bits per heavy atom. The summed E-state index contributed by atoms with van der Waals surface area (Å²) in [5.41, 5.74) is 1.25. The maximum Gasteiger partial charge on any atom is 0.0755 e. The summed E-state index contributed by atoms with van der Waals surface area (Å²) in [6.45, 7) is 5.25. The lowest BCUT2D eigenvalue weighted by Crippen LogP contribution is -2.59. The number of rotatable bonds is 3. The van der Waals surface area contributed by atoms with Gasteiger partial charge in [-0.05, 0) is 31.5 Å². The van der Waals surface area contributed by atoms with E-state index in [2.05, 4.69) is 29.0 Å². The van der Waals surface area contributed by atoms with Gasteiger partial charge in [0.05, 0.1) is 12.7 Å². The van der Waals surface area contributed by atoms with Crippen LogP contribution >= 0.6 is 11.6 Å². The molecule has 2 aliphatic rings. The molecule has 2 atom stereocenters. The topological polar surface area (TPSA) is 15.7 Å². The highest BCUT2D eigenvalue weighted by Crippen LogP contribution is 2.23. The SMILES string of the molecule is CN1CC[C@@H]2OCCN(CCc3ccccc3Cl)[C@H]2C1. The van der Waals surface area contributed by atoms with Crippen LogP contribution in [-0.2, 0) is 11.2 Å². The second-order valence-corrected chi connectivity index (χ2v) is 6.31. The van der Waals surface area contributed by atoms with Crippen LogP contribution in [0.15, 0.2) is 24.3 Å². The highest BCUT2D eigenvalue weighted by atomic mass is 35.5. The van der Waals surface area contributed by atoms with Gasteiger partial charge in [-0.1, -0.05) is 29.8 Å². The maximum atomic E-state index is 6.25. The zero-order valence-corrected chi connectivity index (χ0v) is 12.9. The first-order chi connectivity index (χ1) is 9.74. The van der Waals surface area contributed by atoms with Gasteiger partial charge in [-0.15, -0.1) is 0 Å². The highest BCUT2D eigenvalue weighted by molar-refractivity contribution is 6.31. The number of likely N-dealkylation sites (tertiary alicyclic amines) is 1. The Hall–Kier alpha value is -0.610. The summed E-state index contributed by atoms with van der Waals surface area (Å²) >= 11 is 6.25. The largest absolute Gasteiger partial charge is 0.375 e. The number of ether oxygens (including phenoxy) is 1. The van der Waals surface area contributed by atoms with Gasteiger partial charge in [-0.3, -0.25) is 4.90 Å². The summed E-state index contributed by atoms with van der Waals surface area (Å²) in [6, 6.07) is 8.72. The van der Waals surface area contributed by atoms with Crippen molar-refractivity contribution in [1.82, 2.24) is 9.80 Å². The van der Waals surface area contributed by atoms with Crippen molar-refractivity contribution in [3.05, 3.63) is 34.9 Å². The fourth-order valence-corrected chi connectivity index (χ4v) is 3.57. The first-order valence-corrected chi connectivity index (χ1v) is 7.89. The van der Waals surface area contributed by atoms with Crippen molar-refractivity contribution >= 4 is 11.6 Å². The number of nitrogens with zero attached hydrogens (tertiary/aromatic N) is 2. The lowest BCUT2D eigenvalue weighted by Gasteiger charge is -2.46. The first kappa shape index (κ1) is 14.3. The average Bonchev–Trinajstić information content (AvgIpc) is 2.46. The molecule has 0 N–H and O–H groups in total. The summed E-state index contributed by atoms with van der Waals surface area (Å²) in [5, 5.41) is 0.887. The summed E-state index contributed by atoms with van der Waals surface area (Å²) in [5.74, 6) is 0. The number of benzene rings is 1. The monoisotopic (exact) mass is 294 g/mol. The molecule has 2 saturated heterocycles. The van der Waals surface area contributed by atoms with Crippen LogP contribution in [0.5, 0.6) is 0 Å². The van der Waals surface area contributed by atoms with Crippen molar-refractivity contribution < 1.29 is 4.74 Å². The Morgan fingerprint density at radius 1 is 1.30 bits per heavy atom. The Balaban J connectivity index is 1.62. The Bertz CT molecular complexity index is 454. The van der Waals surface area contributed by atoms with Crippen molar-refractivity contribution in [1.29, 1.82) is 0 Å². The van der Waals surface area contributed by atoms with Gasteiger partial charge >= 0.3 is 0 Å². The van der Waals surface area contributed by atoms with E-state index < -0.39 is 0 Å². The number of likely N-dealkylation sites (N-methyl/N-ethyl adjacent to an activating group) is 1. The summed E-state index contributed by atoms with van der Waals surface area (Å²) in [6.07, 6.45) is 2.60. The Kier molecular flexibility index (Phi) is 4.61. The zero-order chi connectivity index (χ0) is 13.9. The van der Waals surface area contributed by atoms with Crippen molar-refractivity contribution in [2.45, 2.75) is 25.0 Å². The van der Waals surface area contributed by atoms with Gasteiger partial charge in [-0.2, -0.15) is 0 Å². The summed E-state index contributed by atoms with van der Waals surface area (Å²) < 4.78 is 5.94. The number of hydrogen-bond acceptors (Lipinski definition) is 3. The highest BCUT2D eigenvalue weighted by Gasteiger charge is 2.35. The quantitative estimate of drug-likeness (QED) is 0.851. The molecule has 2 fully saturated rings. The molecule has 1 aromatic carbocycles. The minimum absolute atomic E-state index is 0.422. The van der Waals surface area contributed by atoms with Crippen LogP contribution in [-0.4, -0.2) is 61.8 Å². The van der Waals surface area contributed by atoms with Gasteiger partial charge in [0.1, 0.15) is 0 Å². The molecule has 0 spiro atoms. The molecular formula is C16H23ClN2O. The summed E-state index contributed by atoms with van der Waals surface area (Å²) in [7, 11) is 2.21. The number of hydrogen-bond donors (Lipinski definition) is 0. The number of piperidine rings is 1. The molecule has 3 nitrogen and oxygen atoms in total. The van der Waals surface area contributed by atoms with Crippen molar-refractivity contribution in [3.63, 3.8) is 0 Å². The molecule has 0 amide bonds. The Labute approximate surface area is 126 Å². The van der Waals surface area contributed by atoms with E-state index in [-0.39, 0.29) is 0 Å². The zero-order valence-electron chi connectivity index (χ0n) is 12.1. The standard InChI is InChI=1S/C16H23ClN2O/c1-18-8-7-16-15(12-18)19(10-11-20-16)9-6-13-4-2-3-5-14(13)17/h2-5,15-16H,6-12H2,1H3/t15-,16-/m0/s1. The van der Waals surface area contributed by atoms with Crippen LogP contribution in [0, 0.1) is 0 Å². The third-order valence-corrected chi connectivity index (χ3v) is 4.90. The molecule has 4 heteroatoms. The number of halogens is 1. The third-order valence-electron chi connectivity index (χ3n) is 4.53. The van der Waals surface area contributed by atoms with Crippen molar-refractivity contribution in [2.24, 2.45) is 0 Å². The van der Waals surface area contributed by atoms with E-state index in [4.69, 9.17) is 16.3 Å². The fourth-order valence-electron chi connectivity index (χ4n) is 3.34. The van der Waals surface area contributed by atoms with E-state index in [1.165, 1.54) is 5.56 Å². The van der Waals surface area contributed by atoms with Crippen molar-refractivity contribution in [2.75, 3.05) is 39.8 Å². The molecule has 0 aromatic heterocycles. The second kappa shape index (κ2) is 6.44. The Morgan fingerprint density at radius 3 is 3.00 bits per heavy atom. The van der Waals surface area contributed by atoms with E-state index in [0.29, 0.717) is 12.1 Å². The lowest BCUT2D eigenvalue weighted by atomic mass is 9.98. The second-order valence-electron chi connectivity index (χ2n) is 5.90. The van der Waals surface area contributed by atoms with Crippen molar-refractivity contribution in [3.8, 4) is 0 Å². The van der Waals surface area contributed by atoms with Crippen LogP contribution in [0.1, 0.15) is 12.0 Å². The molecule has 1 aromatic rings. The molecule has 0 bridgehead atoms. The van der Waals surface area contributed by atoms with Crippen LogP contribution in [0.4, 0.5) is 0 Å². The first-order valence-electron chi connectivity index (χ1n) is 7.51. The minimum Gasteiger partial charge on any atom is -0.375 e. The van der Waals surface area contributed by atoms with Gasteiger partial charge < -0.3 is 9.64 Å². The van der Waals surface area contributed by atoms with Crippen LogP contribution in [0.25, 0.3) is 0 Å². The van der Waals surface area contributed by atoms with E-state index >= 15 is 0 Å². The molecule has 0 unspecified atom stereocenters. The minimum atomic E-state index is 0.422. The van der Waals surface area contributed by atoms with Gasteiger partial charge in [0.25, 0.3) is 0 Å². The van der Waals surface area contributed by atoms with Gasteiger partial charge in [0.2, 0.25) is 0 Å². The maximum absolute atomic E-state index is 6.25. The van der Waals surface area contributed by atoms with Crippen LogP contribution in [0.2, 0.25) is 5.02 Å². The molecule has 2 heterocycles. The molecule has 0 radical (unpaired) electrons. The predicted molar refractivity (Wildman–Crippen MR) is 82.4 cm³/mol. The molecule has 2 aliphatic heterocycles. The van der Waals surface area contributed by atoms with Gasteiger partial charge in [0, 0.05) is 37.2 Å².